The summed E-state index contributed by atoms with van der Waals surface area (Å²) in [5.41, 5.74) is 0.386. The molecule has 0 aromatic carbocycles. The molecular weight excluding hydrogens is 314 g/mol. The molecule has 2 amide bonds. The average Bonchev–Trinajstić information content (AvgIpc) is 2.99. The summed E-state index contributed by atoms with van der Waals surface area (Å²) >= 11 is 0. The molecule has 0 radical (unpaired) electrons. The van der Waals surface area contributed by atoms with Crippen molar-refractivity contribution in [1.82, 2.24) is 14.7 Å². The Morgan fingerprint density at radius 2 is 1.75 bits per heavy atom. The first-order valence-corrected chi connectivity index (χ1v) is 8.18. The monoisotopic (exact) mass is 335 g/mol. The molecule has 1 aliphatic carbocycles. The van der Waals surface area contributed by atoms with Gasteiger partial charge in [0.1, 0.15) is 5.69 Å². The Hall–Kier alpha value is -2.45. The first-order chi connectivity index (χ1) is 11.4. The van der Waals surface area contributed by atoms with Crippen molar-refractivity contribution >= 4 is 23.3 Å². The van der Waals surface area contributed by atoms with Crippen LogP contribution in [0.5, 0.6) is 0 Å². The molecule has 1 aromatic heterocycles. The number of likely N-dealkylation sites (tertiary alicyclic amines) is 1. The molecule has 0 unspecified atom stereocenters. The van der Waals surface area contributed by atoms with Gasteiger partial charge in [-0.2, -0.15) is 5.10 Å². The van der Waals surface area contributed by atoms with Crippen LogP contribution in [-0.2, 0) is 16.6 Å². The van der Waals surface area contributed by atoms with Gasteiger partial charge in [-0.05, 0) is 32.6 Å². The SMILES string of the molecule is Cc1nn(C)c(NC2CCC(N3C(=O)CCC3=O)CC2)c1[N+](=O)[O-]. The lowest BCUT2D eigenvalue weighted by atomic mass is 9.90. The molecule has 0 bridgehead atoms. The van der Waals surface area contributed by atoms with Gasteiger partial charge in [0.2, 0.25) is 17.6 Å². The number of hydrogen-bond acceptors (Lipinski definition) is 6. The first-order valence-electron chi connectivity index (χ1n) is 8.18. The van der Waals surface area contributed by atoms with Crippen LogP contribution in [0.2, 0.25) is 0 Å². The summed E-state index contributed by atoms with van der Waals surface area (Å²) in [6.45, 7) is 1.62. The summed E-state index contributed by atoms with van der Waals surface area (Å²) in [7, 11) is 1.68. The minimum atomic E-state index is -0.419. The topological polar surface area (TPSA) is 110 Å². The van der Waals surface area contributed by atoms with Crippen molar-refractivity contribution in [2.45, 2.75) is 57.5 Å². The molecule has 1 saturated carbocycles. The zero-order chi connectivity index (χ0) is 17.4. The van der Waals surface area contributed by atoms with Gasteiger partial charge in [-0.1, -0.05) is 0 Å². The number of anilines is 1. The smallest absolute Gasteiger partial charge is 0.333 e. The van der Waals surface area contributed by atoms with Crippen LogP contribution in [0.1, 0.15) is 44.2 Å². The van der Waals surface area contributed by atoms with Gasteiger partial charge in [0.25, 0.3) is 0 Å². The quantitative estimate of drug-likeness (QED) is 0.507. The molecule has 1 aliphatic heterocycles. The lowest BCUT2D eigenvalue weighted by Gasteiger charge is -2.33. The maximum atomic E-state index is 11.8. The average molecular weight is 335 g/mol. The van der Waals surface area contributed by atoms with Crippen molar-refractivity contribution in [3.63, 3.8) is 0 Å². The Balaban J connectivity index is 1.65. The van der Waals surface area contributed by atoms with Crippen LogP contribution in [-0.4, -0.2) is 43.5 Å². The molecule has 9 heteroatoms. The molecular formula is C15H21N5O4. The number of aromatic nitrogens is 2. The second-order valence-corrected chi connectivity index (χ2v) is 6.47. The van der Waals surface area contributed by atoms with Crippen LogP contribution in [0, 0.1) is 17.0 Å². The van der Waals surface area contributed by atoms with E-state index in [4.69, 9.17) is 0 Å². The van der Waals surface area contributed by atoms with Gasteiger partial charge in [0.05, 0.1) is 4.92 Å². The Morgan fingerprint density at radius 1 is 1.17 bits per heavy atom. The van der Waals surface area contributed by atoms with Crippen LogP contribution < -0.4 is 5.32 Å². The van der Waals surface area contributed by atoms with E-state index in [0.717, 1.165) is 25.7 Å². The number of nitrogens with zero attached hydrogens (tertiary/aromatic N) is 4. The Labute approximate surface area is 139 Å². The fourth-order valence-corrected chi connectivity index (χ4v) is 3.70. The predicted octanol–water partition coefficient (Wildman–Crippen LogP) is 1.51. The number of hydrogen-bond donors (Lipinski definition) is 1. The lowest BCUT2D eigenvalue weighted by molar-refractivity contribution is -0.384. The lowest BCUT2D eigenvalue weighted by Crippen LogP contribution is -2.43. The van der Waals surface area contributed by atoms with Crippen LogP contribution in [0.15, 0.2) is 0 Å². The molecule has 24 heavy (non-hydrogen) atoms. The normalized spacial score (nSPS) is 24.5. The van der Waals surface area contributed by atoms with E-state index in [-0.39, 0.29) is 29.6 Å². The fraction of sp³-hybridized carbons (Fsp3) is 0.667. The molecule has 130 valence electrons. The van der Waals surface area contributed by atoms with Crippen LogP contribution in [0.4, 0.5) is 11.5 Å². The van der Waals surface area contributed by atoms with Crippen LogP contribution >= 0.6 is 0 Å². The molecule has 1 aromatic rings. The van der Waals surface area contributed by atoms with Crippen molar-refractivity contribution in [3.8, 4) is 0 Å². The Kier molecular flexibility index (Phi) is 4.25. The second-order valence-electron chi connectivity index (χ2n) is 6.47. The number of rotatable bonds is 4. The van der Waals surface area contributed by atoms with Crippen molar-refractivity contribution in [2.75, 3.05) is 5.32 Å². The summed E-state index contributed by atoms with van der Waals surface area (Å²) < 4.78 is 1.49. The maximum Gasteiger partial charge on any atom is 0.333 e. The first kappa shape index (κ1) is 16.4. The second kappa shape index (κ2) is 6.21. The molecule has 1 saturated heterocycles. The summed E-state index contributed by atoms with van der Waals surface area (Å²) in [4.78, 5) is 35.9. The highest BCUT2D eigenvalue weighted by molar-refractivity contribution is 6.02. The Morgan fingerprint density at radius 3 is 2.29 bits per heavy atom. The van der Waals surface area contributed by atoms with Gasteiger partial charge in [-0.15, -0.1) is 0 Å². The third kappa shape index (κ3) is 2.85. The van der Waals surface area contributed by atoms with Gasteiger partial charge >= 0.3 is 5.69 Å². The largest absolute Gasteiger partial charge is 0.362 e. The molecule has 2 fully saturated rings. The zero-order valence-electron chi connectivity index (χ0n) is 13.8. The molecule has 3 rings (SSSR count). The highest BCUT2D eigenvalue weighted by Crippen LogP contribution is 2.32. The minimum Gasteiger partial charge on any atom is -0.362 e. The van der Waals surface area contributed by atoms with Crippen molar-refractivity contribution in [2.24, 2.45) is 7.05 Å². The maximum absolute atomic E-state index is 11.8. The van der Waals surface area contributed by atoms with Crippen molar-refractivity contribution < 1.29 is 14.5 Å². The van der Waals surface area contributed by atoms with E-state index >= 15 is 0 Å². The summed E-state index contributed by atoms with van der Waals surface area (Å²) in [5, 5.41) is 18.6. The van der Waals surface area contributed by atoms with E-state index in [1.807, 2.05) is 0 Å². The number of aryl methyl sites for hydroxylation is 2. The summed E-state index contributed by atoms with van der Waals surface area (Å²) in [5.74, 6) is 0.262. The number of nitrogens with one attached hydrogen (secondary N) is 1. The molecule has 0 atom stereocenters. The van der Waals surface area contributed by atoms with Crippen LogP contribution in [0.25, 0.3) is 0 Å². The predicted molar refractivity (Wildman–Crippen MR) is 85.4 cm³/mol. The van der Waals surface area contributed by atoms with E-state index in [9.17, 15) is 19.7 Å². The highest BCUT2D eigenvalue weighted by Gasteiger charge is 2.37. The van der Waals surface area contributed by atoms with Crippen molar-refractivity contribution in [3.05, 3.63) is 15.8 Å². The number of nitro groups is 1. The van der Waals surface area contributed by atoms with E-state index in [2.05, 4.69) is 10.4 Å². The molecule has 2 heterocycles. The molecule has 2 aliphatic rings. The van der Waals surface area contributed by atoms with E-state index < -0.39 is 4.92 Å². The molecule has 9 nitrogen and oxygen atoms in total. The molecule has 0 spiro atoms. The van der Waals surface area contributed by atoms with E-state index in [1.54, 1.807) is 14.0 Å². The minimum absolute atomic E-state index is 0.00419. The number of carbonyl (C=O) groups is 2. The highest BCUT2D eigenvalue weighted by atomic mass is 16.6. The number of carbonyl (C=O) groups excluding carboxylic acids is 2. The molecule has 1 N–H and O–H groups in total. The number of amides is 2. The van der Waals surface area contributed by atoms with Gasteiger partial charge in [0, 0.05) is 32.0 Å². The van der Waals surface area contributed by atoms with Gasteiger partial charge < -0.3 is 5.32 Å². The third-order valence-electron chi connectivity index (χ3n) is 4.87. The van der Waals surface area contributed by atoms with Crippen molar-refractivity contribution in [1.29, 1.82) is 0 Å². The van der Waals surface area contributed by atoms with Gasteiger partial charge in [-0.3, -0.25) is 24.6 Å². The standard InChI is InChI=1S/C15H21N5O4/c1-9-14(20(23)24)15(18(2)17-9)16-10-3-5-11(6-4-10)19-12(21)7-8-13(19)22/h10-11,16H,3-8H2,1-2H3. The van der Waals surface area contributed by atoms with E-state index in [1.165, 1.54) is 9.58 Å². The van der Waals surface area contributed by atoms with Gasteiger partial charge in [0.15, 0.2) is 0 Å². The third-order valence-corrected chi connectivity index (χ3v) is 4.87. The summed E-state index contributed by atoms with van der Waals surface area (Å²) in [6, 6.07) is 0.0383. The fourth-order valence-electron chi connectivity index (χ4n) is 3.70. The zero-order valence-corrected chi connectivity index (χ0v) is 13.8. The summed E-state index contributed by atoms with van der Waals surface area (Å²) in [6.07, 6.45) is 3.58. The van der Waals surface area contributed by atoms with Crippen LogP contribution in [0.3, 0.4) is 0 Å². The Bertz CT molecular complexity index is 674. The van der Waals surface area contributed by atoms with Gasteiger partial charge in [-0.25, -0.2) is 4.68 Å². The number of imide groups is 1. The van der Waals surface area contributed by atoms with E-state index in [0.29, 0.717) is 24.4 Å².